The summed E-state index contributed by atoms with van der Waals surface area (Å²) >= 11 is 1.45. The van der Waals surface area contributed by atoms with Gasteiger partial charge in [-0.1, -0.05) is 0 Å². The van der Waals surface area contributed by atoms with Crippen molar-refractivity contribution in [3.63, 3.8) is 0 Å². The van der Waals surface area contributed by atoms with Gasteiger partial charge in [0.15, 0.2) is 0 Å². The van der Waals surface area contributed by atoms with Crippen LogP contribution >= 0.6 is 11.3 Å². The van der Waals surface area contributed by atoms with Crippen molar-refractivity contribution in [2.75, 3.05) is 0 Å². The first kappa shape index (κ1) is 16.2. The molecule has 0 fully saturated rings. The number of H-pyrrole nitrogens is 1. The van der Waals surface area contributed by atoms with E-state index in [-0.39, 0.29) is 18.4 Å². The number of amides is 1. The first-order valence-electron chi connectivity index (χ1n) is 6.80. The Morgan fingerprint density at radius 2 is 2.09 bits per heavy atom. The average molecular weight is 323 g/mol. The molecule has 1 atom stereocenters. The lowest BCUT2D eigenvalue weighted by atomic mass is 10.2. The molecule has 0 saturated carbocycles. The molecule has 2 aromatic heterocycles. The van der Waals surface area contributed by atoms with Crippen molar-refractivity contribution in [1.82, 2.24) is 15.3 Å². The molecule has 0 unspecified atom stereocenters. The summed E-state index contributed by atoms with van der Waals surface area (Å²) in [5.74, 6) is -1.06. The van der Waals surface area contributed by atoms with Crippen molar-refractivity contribution in [3.05, 3.63) is 26.6 Å². The van der Waals surface area contributed by atoms with Gasteiger partial charge in [0, 0.05) is 17.7 Å². The molecule has 8 heteroatoms. The van der Waals surface area contributed by atoms with Crippen LogP contribution in [0, 0.1) is 13.8 Å². The van der Waals surface area contributed by atoms with Gasteiger partial charge in [0.25, 0.3) is 5.56 Å². The van der Waals surface area contributed by atoms with Crippen LogP contribution in [0.25, 0.3) is 10.2 Å². The summed E-state index contributed by atoms with van der Waals surface area (Å²) in [7, 11) is 0. The second-order valence-corrected chi connectivity index (χ2v) is 6.31. The predicted octanol–water partition coefficient (Wildman–Crippen LogP) is 1.12. The number of nitrogens with one attached hydrogen (secondary N) is 2. The first-order chi connectivity index (χ1) is 10.3. The van der Waals surface area contributed by atoms with E-state index in [0.717, 1.165) is 10.4 Å². The highest BCUT2D eigenvalue weighted by atomic mass is 32.1. The molecule has 0 radical (unpaired) electrons. The maximum Gasteiger partial charge on any atom is 0.325 e. The van der Waals surface area contributed by atoms with Crippen LogP contribution in [0.3, 0.4) is 0 Å². The molecule has 2 heterocycles. The number of hydrogen-bond acceptors (Lipinski definition) is 5. The lowest BCUT2D eigenvalue weighted by molar-refractivity contribution is -0.141. The van der Waals surface area contributed by atoms with E-state index >= 15 is 0 Å². The highest BCUT2D eigenvalue weighted by Crippen LogP contribution is 2.25. The highest BCUT2D eigenvalue weighted by Gasteiger charge is 2.15. The monoisotopic (exact) mass is 323 g/mol. The van der Waals surface area contributed by atoms with Crippen LogP contribution in [0.4, 0.5) is 0 Å². The Labute approximate surface area is 130 Å². The molecule has 0 saturated heterocycles. The summed E-state index contributed by atoms with van der Waals surface area (Å²) in [4.78, 5) is 43.1. The maximum atomic E-state index is 12.1. The third-order valence-corrected chi connectivity index (χ3v) is 4.53. The number of aryl methyl sites for hydroxylation is 3. The SMILES string of the molecule is Cc1sc2nc(CCC(=O)N[C@@H](C)C(=O)O)[nH]c(=O)c2c1C. The summed E-state index contributed by atoms with van der Waals surface area (Å²) in [5, 5.41) is 11.7. The molecule has 2 rings (SSSR count). The van der Waals surface area contributed by atoms with Gasteiger partial charge >= 0.3 is 5.97 Å². The van der Waals surface area contributed by atoms with Crippen LogP contribution < -0.4 is 10.9 Å². The quantitative estimate of drug-likeness (QED) is 0.763. The van der Waals surface area contributed by atoms with E-state index in [1.54, 1.807) is 0 Å². The molecule has 7 nitrogen and oxygen atoms in total. The predicted molar refractivity (Wildman–Crippen MR) is 83.3 cm³/mol. The van der Waals surface area contributed by atoms with Crippen LogP contribution in [-0.2, 0) is 16.0 Å². The molecular weight excluding hydrogens is 306 g/mol. The molecule has 22 heavy (non-hydrogen) atoms. The van der Waals surface area contributed by atoms with Crippen LogP contribution in [-0.4, -0.2) is 33.0 Å². The van der Waals surface area contributed by atoms with Gasteiger partial charge < -0.3 is 15.4 Å². The Morgan fingerprint density at radius 3 is 2.73 bits per heavy atom. The zero-order chi connectivity index (χ0) is 16.4. The number of carboxylic acid groups (broad SMARTS) is 1. The molecule has 0 aliphatic heterocycles. The molecule has 0 aliphatic carbocycles. The van der Waals surface area contributed by atoms with E-state index in [1.165, 1.54) is 18.3 Å². The van der Waals surface area contributed by atoms with E-state index in [2.05, 4.69) is 15.3 Å². The fraction of sp³-hybridized carbons (Fsp3) is 0.429. The third kappa shape index (κ3) is 3.33. The van der Waals surface area contributed by atoms with E-state index in [1.807, 2.05) is 13.8 Å². The fourth-order valence-electron chi connectivity index (χ4n) is 2.02. The van der Waals surface area contributed by atoms with Gasteiger partial charge in [0.05, 0.1) is 5.39 Å². The van der Waals surface area contributed by atoms with Gasteiger partial charge in [0.2, 0.25) is 5.91 Å². The van der Waals surface area contributed by atoms with Gasteiger partial charge in [-0.25, -0.2) is 4.98 Å². The molecule has 1 amide bonds. The summed E-state index contributed by atoms with van der Waals surface area (Å²) < 4.78 is 0. The number of fused-ring (bicyclic) bond motifs is 1. The lowest BCUT2D eigenvalue weighted by Gasteiger charge is -2.08. The number of carbonyl (C=O) groups excluding carboxylic acids is 1. The van der Waals surface area contributed by atoms with Crippen LogP contribution in [0.5, 0.6) is 0 Å². The van der Waals surface area contributed by atoms with Gasteiger partial charge in [-0.2, -0.15) is 0 Å². The fourth-order valence-corrected chi connectivity index (χ4v) is 3.07. The smallest absolute Gasteiger partial charge is 0.325 e. The Hall–Kier alpha value is -2.22. The number of rotatable bonds is 5. The Bertz CT molecular complexity index is 793. The minimum atomic E-state index is -1.09. The number of thiophene rings is 1. The van der Waals surface area contributed by atoms with Crippen molar-refractivity contribution < 1.29 is 14.7 Å². The lowest BCUT2D eigenvalue weighted by Crippen LogP contribution is -2.38. The average Bonchev–Trinajstić information content (AvgIpc) is 2.72. The third-order valence-electron chi connectivity index (χ3n) is 3.42. The number of carbonyl (C=O) groups is 2. The van der Waals surface area contributed by atoms with E-state index in [9.17, 15) is 14.4 Å². The van der Waals surface area contributed by atoms with E-state index in [0.29, 0.717) is 16.0 Å². The molecule has 3 N–H and O–H groups in total. The molecular formula is C14H17N3O4S. The topological polar surface area (TPSA) is 112 Å². The number of hydrogen-bond donors (Lipinski definition) is 3. The summed E-state index contributed by atoms with van der Waals surface area (Å²) in [6.07, 6.45) is 0.314. The Morgan fingerprint density at radius 1 is 1.41 bits per heavy atom. The zero-order valence-corrected chi connectivity index (χ0v) is 13.3. The molecule has 0 spiro atoms. The number of aromatic nitrogens is 2. The molecule has 0 bridgehead atoms. The van der Waals surface area contributed by atoms with Crippen molar-refractivity contribution in [1.29, 1.82) is 0 Å². The van der Waals surface area contributed by atoms with Crippen LogP contribution in [0.2, 0.25) is 0 Å². The summed E-state index contributed by atoms with van der Waals surface area (Å²) in [6.45, 7) is 5.20. The van der Waals surface area contributed by atoms with Crippen LogP contribution in [0.15, 0.2) is 4.79 Å². The molecule has 2 aromatic rings. The van der Waals surface area contributed by atoms with Crippen molar-refractivity contribution in [3.8, 4) is 0 Å². The van der Waals surface area contributed by atoms with E-state index < -0.39 is 17.9 Å². The normalized spacial score (nSPS) is 12.3. The van der Waals surface area contributed by atoms with Crippen LogP contribution in [0.1, 0.15) is 29.6 Å². The van der Waals surface area contributed by atoms with Gasteiger partial charge in [0.1, 0.15) is 16.7 Å². The molecule has 0 aliphatic rings. The second kappa shape index (κ2) is 6.27. The number of nitrogens with zero attached hydrogens (tertiary/aromatic N) is 1. The molecule has 118 valence electrons. The Balaban J connectivity index is 2.11. The van der Waals surface area contributed by atoms with Gasteiger partial charge in [-0.15, -0.1) is 11.3 Å². The van der Waals surface area contributed by atoms with Crippen molar-refractivity contribution >= 4 is 33.4 Å². The minimum Gasteiger partial charge on any atom is -0.480 e. The van der Waals surface area contributed by atoms with Crippen molar-refractivity contribution in [2.24, 2.45) is 0 Å². The largest absolute Gasteiger partial charge is 0.480 e. The van der Waals surface area contributed by atoms with Gasteiger partial charge in [-0.05, 0) is 26.3 Å². The Kier molecular flexibility index (Phi) is 4.60. The van der Waals surface area contributed by atoms with Gasteiger partial charge in [-0.3, -0.25) is 14.4 Å². The summed E-state index contributed by atoms with van der Waals surface area (Å²) in [6, 6.07) is -0.940. The zero-order valence-electron chi connectivity index (χ0n) is 12.5. The number of carboxylic acids is 1. The maximum absolute atomic E-state index is 12.1. The van der Waals surface area contributed by atoms with E-state index in [4.69, 9.17) is 5.11 Å². The standard InChI is InChI=1S/C14H17N3O4S/c1-6-8(3)22-13-11(6)12(19)16-9(17-13)4-5-10(18)15-7(2)14(20)21/h7H,4-5H2,1-3H3,(H,15,18)(H,20,21)(H,16,17,19)/t7-/m0/s1. The first-order valence-corrected chi connectivity index (χ1v) is 7.62. The highest BCUT2D eigenvalue weighted by molar-refractivity contribution is 7.18. The summed E-state index contributed by atoms with van der Waals surface area (Å²) in [5.41, 5.74) is 0.717. The second-order valence-electron chi connectivity index (χ2n) is 5.10. The number of aliphatic carboxylic acids is 1. The minimum absolute atomic E-state index is 0.0649. The number of aromatic amines is 1. The molecule has 0 aromatic carbocycles. The van der Waals surface area contributed by atoms with Crippen molar-refractivity contribution in [2.45, 2.75) is 39.7 Å².